The lowest BCUT2D eigenvalue weighted by atomic mass is 9.91. The monoisotopic (exact) mass is 302 g/mol. The van der Waals surface area contributed by atoms with E-state index in [0.717, 1.165) is 12.8 Å². The second-order valence-electron chi connectivity index (χ2n) is 6.61. The smallest absolute Gasteiger partial charge is 0.151 e. The lowest BCUT2D eigenvalue weighted by molar-refractivity contribution is 0.147. The summed E-state index contributed by atoms with van der Waals surface area (Å²) in [5, 5.41) is 3.60. The van der Waals surface area contributed by atoms with Crippen molar-refractivity contribution in [1.29, 1.82) is 0 Å². The summed E-state index contributed by atoms with van der Waals surface area (Å²) in [7, 11) is -2.80. The number of sulfone groups is 1. The fraction of sp³-hybridized carbons (Fsp3) is 1.00. The molecular weight excluding hydrogens is 272 g/mol. The van der Waals surface area contributed by atoms with E-state index in [1.54, 1.807) is 0 Å². The van der Waals surface area contributed by atoms with Crippen molar-refractivity contribution in [2.45, 2.75) is 58.0 Å². The molecule has 0 bridgehead atoms. The third kappa shape index (κ3) is 4.71. The Morgan fingerprint density at radius 2 is 2.10 bits per heavy atom. The SMILES string of the molecule is CCCN1CCCC(C(C)NC2CCCS(=O)(=O)C2)C1. The molecule has 0 aromatic heterocycles. The molecule has 3 atom stereocenters. The van der Waals surface area contributed by atoms with Gasteiger partial charge in [0.15, 0.2) is 9.84 Å². The number of hydrogen-bond acceptors (Lipinski definition) is 4. The third-order valence-electron chi connectivity index (χ3n) is 4.75. The molecule has 0 radical (unpaired) electrons. The molecule has 2 rings (SSSR count). The maximum Gasteiger partial charge on any atom is 0.151 e. The number of rotatable bonds is 5. The van der Waals surface area contributed by atoms with Crippen LogP contribution in [0.2, 0.25) is 0 Å². The van der Waals surface area contributed by atoms with Crippen LogP contribution in [0, 0.1) is 5.92 Å². The van der Waals surface area contributed by atoms with Crippen molar-refractivity contribution in [3.8, 4) is 0 Å². The van der Waals surface area contributed by atoms with Gasteiger partial charge in [0.05, 0.1) is 11.5 Å². The molecule has 0 spiro atoms. The molecule has 5 heteroatoms. The Hall–Kier alpha value is -0.130. The lowest BCUT2D eigenvalue weighted by Gasteiger charge is -2.38. The van der Waals surface area contributed by atoms with Crippen molar-refractivity contribution in [1.82, 2.24) is 10.2 Å². The lowest BCUT2D eigenvalue weighted by Crippen LogP contribution is -2.50. The van der Waals surface area contributed by atoms with Gasteiger partial charge in [0.2, 0.25) is 0 Å². The Labute approximate surface area is 124 Å². The maximum atomic E-state index is 11.7. The van der Waals surface area contributed by atoms with Crippen LogP contribution in [0.3, 0.4) is 0 Å². The van der Waals surface area contributed by atoms with Crippen LogP contribution >= 0.6 is 0 Å². The second kappa shape index (κ2) is 7.23. The second-order valence-corrected chi connectivity index (χ2v) is 8.84. The Morgan fingerprint density at radius 3 is 2.80 bits per heavy atom. The predicted octanol–water partition coefficient (Wildman–Crippen LogP) is 1.66. The first-order valence-electron chi connectivity index (χ1n) is 8.19. The maximum absolute atomic E-state index is 11.7. The van der Waals surface area contributed by atoms with E-state index in [4.69, 9.17) is 0 Å². The molecule has 2 heterocycles. The zero-order chi connectivity index (χ0) is 14.6. The molecule has 2 saturated heterocycles. The normalized spacial score (nSPS) is 32.9. The van der Waals surface area contributed by atoms with E-state index in [-0.39, 0.29) is 6.04 Å². The van der Waals surface area contributed by atoms with E-state index >= 15 is 0 Å². The fourth-order valence-electron chi connectivity index (χ4n) is 3.68. The summed E-state index contributed by atoms with van der Waals surface area (Å²) < 4.78 is 23.4. The highest BCUT2D eigenvalue weighted by molar-refractivity contribution is 7.91. The minimum Gasteiger partial charge on any atom is -0.310 e. The number of nitrogens with zero attached hydrogens (tertiary/aromatic N) is 1. The Balaban J connectivity index is 1.83. The van der Waals surface area contributed by atoms with Crippen molar-refractivity contribution in [3.63, 3.8) is 0 Å². The zero-order valence-electron chi connectivity index (χ0n) is 13.0. The number of likely N-dealkylation sites (tertiary alicyclic amines) is 1. The van der Waals surface area contributed by atoms with Crippen molar-refractivity contribution < 1.29 is 8.42 Å². The van der Waals surface area contributed by atoms with E-state index < -0.39 is 9.84 Å². The van der Waals surface area contributed by atoms with Gasteiger partial charge in [0, 0.05) is 18.6 Å². The number of nitrogens with one attached hydrogen (secondary N) is 1. The number of piperidine rings is 1. The van der Waals surface area contributed by atoms with E-state index in [0.29, 0.717) is 23.5 Å². The molecule has 2 aliphatic heterocycles. The van der Waals surface area contributed by atoms with Gasteiger partial charge < -0.3 is 10.2 Å². The van der Waals surface area contributed by atoms with Crippen LogP contribution in [0.5, 0.6) is 0 Å². The average Bonchev–Trinajstić information content (AvgIpc) is 2.38. The summed E-state index contributed by atoms with van der Waals surface area (Å²) >= 11 is 0. The first kappa shape index (κ1) is 16.2. The molecule has 1 N–H and O–H groups in total. The van der Waals surface area contributed by atoms with Crippen molar-refractivity contribution in [2.75, 3.05) is 31.1 Å². The summed E-state index contributed by atoms with van der Waals surface area (Å²) in [6.07, 6.45) is 5.59. The molecular formula is C15H30N2O2S. The molecule has 0 aliphatic carbocycles. The van der Waals surface area contributed by atoms with Gasteiger partial charge >= 0.3 is 0 Å². The highest BCUT2D eigenvalue weighted by Crippen LogP contribution is 2.21. The fourth-order valence-corrected chi connectivity index (χ4v) is 5.33. The Morgan fingerprint density at radius 1 is 1.30 bits per heavy atom. The highest BCUT2D eigenvalue weighted by Gasteiger charge is 2.29. The first-order chi connectivity index (χ1) is 9.50. The van der Waals surface area contributed by atoms with Gasteiger partial charge in [-0.05, 0) is 58.0 Å². The number of hydrogen-bond donors (Lipinski definition) is 1. The summed E-state index contributed by atoms with van der Waals surface area (Å²) in [6.45, 7) is 8.07. The van der Waals surface area contributed by atoms with Crippen LogP contribution in [0.1, 0.15) is 46.0 Å². The standard InChI is InChI=1S/C15H30N2O2S/c1-3-8-17-9-4-6-14(11-17)13(2)16-15-7-5-10-20(18,19)12-15/h13-16H,3-12H2,1-2H3. The molecule has 20 heavy (non-hydrogen) atoms. The van der Waals surface area contributed by atoms with Gasteiger partial charge in [-0.3, -0.25) is 0 Å². The van der Waals surface area contributed by atoms with Crippen molar-refractivity contribution in [3.05, 3.63) is 0 Å². The topological polar surface area (TPSA) is 49.4 Å². The Kier molecular flexibility index (Phi) is 5.87. The molecule has 0 saturated carbocycles. The molecule has 2 aliphatic rings. The summed E-state index contributed by atoms with van der Waals surface area (Å²) in [4.78, 5) is 2.56. The van der Waals surface area contributed by atoms with Crippen LogP contribution in [-0.2, 0) is 9.84 Å². The molecule has 0 amide bonds. The van der Waals surface area contributed by atoms with Gasteiger partial charge in [-0.2, -0.15) is 0 Å². The largest absolute Gasteiger partial charge is 0.310 e. The summed E-state index contributed by atoms with van der Waals surface area (Å²) in [5.41, 5.74) is 0. The van der Waals surface area contributed by atoms with Gasteiger partial charge in [0.1, 0.15) is 0 Å². The van der Waals surface area contributed by atoms with Gasteiger partial charge in [-0.1, -0.05) is 6.92 Å². The van der Waals surface area contributed by atoms with Crippen LogP contribution in [0.15, 0.2) is 0 Å². The molecule has 2 fully saturated rings. The van der Waals surface area contributed by atoms with Gasteiger partial charge in [-0.15, -0.1) is 0 Å². The molecule has 118 valence electrons. The molecule has 0 aromatic rings. The minimum atomic E-state index is -2.80. The quantitative estimate of drug-likeness (QED) is 0.839. The van der Waals surface area contributed by atoms with E-state index in [1.807, 2.05) is 0 Å². The predicted molar refractivity (Wildman–Crippen MR) is 83.7 cm³/mol. The van der Waals surface area contributed by atoms with E-state index in [1.165, 1.54) is 38.9 Å². The summed E-state index contributed by atoms with van der Waals surface area (Å²) in [6, 6.07) is 0.596. The third-order valence-corrected chi connectivity index (χ3v) is 6.57. The van der Waals surface area contributed by atoms with Crippen LogP contribution in [0.4, 0.5) is 0 Å². The Bertz CT molecular complexity index is 395. The van der Waals surface area contributed by atoms with Gasteiger partial charge in [-0.25, -0.2) is 8.42 Å². The molecule has 3 unspecified atom stereocenters. The van der Waals surface area contributed by atoms with E-state index in [2.05, 4.69) is 24.1 Å². The van der Waals surface area contributed by atoms with Crippen molar-refractivity contribution >= 4 is 9.84 Å². The van der Waals surface area contributed by atoms with E-state index in [9.17, 15) is 8.42 Å². The minimum absolute atomic E-state index is 0.172. The molecule has 4 nitrogen and oxygen atoms in total. The average molecular weight is 302 g/mol. The van der Waals surface area contributed by atoms with Crippen molar-refractivity contribution in [2.24, 2.45) is 5.92 Å². The first-order valence-corrected chi connectivity index (χ1v) is 10.0. The highest BCUT2D eigenvalue weighted by atomic mass is 32.2. The van der Waals surface area contributed by atoms with Crippen LogP contribution in [0.25, 0.3) is 0 Å². The van der Waals surface area contributed by atoms with Crippen LogP contribution in [-0.4, -0.2) is 56.5 Å². The van der Waals surface area contributed by atoms with Crippen LogP contribution < -0.4 is 5.32 Å². The summed E-state index contributed by atoms with van der Waals surface area (Å²) in [5.74, 6) is 1.38. The zero-order valence-corrected chi connectivity index (χ0v) is 13.8. The van der Waals surface area contributed by atoms with Gasteiger partial charge in [0.25, 0.3) is 0 Å². The molecule has 0 aromatic carbocycles.